The smallest absolute Gasteiger partial charge is 0.137 e. The second-order valence-electron chi connectivity index (χ2n) is 4.48. The lowest BCUT2D eigenvalue weighted by atomic mass is 9.95. The molecule has 1 saturated heterocycles. The molecule has 0 spiro atoms. The molecule has 1 heterocycles. The highest BCUT2D eigenvalue weighted by Crippen LogP contribution is 2.25. The molecule has 1 aliphatic rings. The summed E-state index contributed by atoms with van der Waals surface area (Å²) in [6, 6.07) is 5.30. The average Bonchev–Trinajstić information content (AvgIpc) is 2.53. The van der Waals surface area contributed by atoms with Crippen LogP contribution in [0.5, 0.6) is 0 Å². The Hall–Kier alpha value is -0.410. The molecule has 1 nitrogen and oxygen atoms in total. The van der Waals surface area contributed by atoms with Crippen LogP contribution in [0.15, 0.2) is 22.7 Å². The Balaban J connectivity index is 2.04. The van der Waals surface area contributed by atoms with Crippen LogP contribution in [0.4, 0.5) is 4.39 Å². The van der Waals surface area contributed by atoms with E-state index in [4.69, 9.17) is 0 Å². The third kappa shape index (κ3) is 3.05. The van der Waals surface area contributed by atoms with Gasteiger partial charge in [-0.1, -0.05) is 18.6 Å². The standard InChI is InChI=1S/C13H17BrFN/c14-13-11(5-3-6-12(13)15)8-10-4-1-2-7-16-9-10/h3,5-6,10,16H,1-2,4,7-9H2. The van der Waals surface area contributed by atoms with Crippen molar-refractivity contribution in [1.29, 1.82) is 0 Å². The predicted octanol–water partition coefficient (Wildman–Crippen LogP) is 3.52. The summed E-state index contributed by atoms with van der Waals surface area (Å²) in [5.74, 6) is 0.486. The van der Waals surface area contributed by atoms with Gasteiger partial charge in [-0.05, 0) is 65.8 Å². The maximum absolute atomic E-state index is 13.4. The van der Waals surface area contributed by atoms with E-state index in [1.54, 1.807) is 6.07 Å². The number of nitrogens with one attached hydrogen (secondary N) is 1. The van der Waals surface area contributed by atoms with Gasteiger partial charge in [-0.25, -0.2) is 4.39 Å². The first kappa shape index (κ1) is 12.1. The maximum atomic E-state index is 13.4. The summed E-state index contributed by atoms with van der Waals surface area (Å²) in [7, 11) is 0. The topological polar surface area (TPSA) is 12.0 Å². The van der Waals surface area contributed by atoms with Crippen molar-refractivity contribution in [3.05, 3.63) is 34.1 Å². The van der Waals surface area contributed by atoms with Crippen molar-refractivity contribution in [2.45, 2.75) is 25.7 Å². The van der Waals surface area contributed by atoms with Gasteiger partial charge >= 0.3 is 0 Å². The highest BCUT2D eigenvalue weighted by Gasteiger charge is 2.14. The summed E-state index contributed by atoms with van der Waals surface area (Å²) < 4.78 is 14.0. The van der Waals surface area contributed by atoms with Crippen molar-refractivity contribution in [2.24, 2.45) is 5.92 Å². The number of benzene rings is 1. The Morgan fingerprint density at radius 3 is 3.12 bits per heavy atom. The molecule has 1 unspecified atom stereocenters. The van der Waals surface area contributed by atoms with Crippen molar-refractivity contribution < 1.29 is 4.39 Å². The van der Waals surface area contributed by atoms with Gasteiger partial charge in [0.15, 0.2) is 0 Å². The van der Waals surface area contributed by atoms with Crippen LogP contribution in [0, 0.1) is 11.7 Å². The summed E-state index contributed by atoms with van der Waals surface area (Å²) in [6.07, 6.45) is 4.76. The van der Waals surface area contributed by atoms with Crippen LogP contribution in [0.3, 0.4) is 0 Å². The fourth-order valence-electron chi connectivity index (χ4n) is 2.28. The zero-order valence-corrected chi connectivity index (χ0v) is 10.9. The summed E-state index contributed by atoms with van der Waals surface area (Å²) in [6.45, 7) is 2.18. The lowest BCUT2D eigenvalue weighted by Gasteiger charge is -2.15. The first-order chi connectivity index (χ1) is 7.77. The zero-order chi connectivity index (χ0) is 11.4. The third-order valence-corrected chi connectivity index (χ3v) is 4.08. The molecule has 2 rings (SSSR count). The lowest BCUT2D eigenvalue weighted by Crippen LogP contribution is -2.22. The van der Waals surface area contributed by atoms with Gasteiger partial charge in [0.2, 0.25) is 0 Å². The SMILES string of the molecule is Fc1cccc(CC2CCCCNC2)c1Br. The number of hydrogen-bond donors (Lipinski definition) is 1. The van der Waals surface area contributed by atoms with Gasteiger partial charge in [-0.2, -0.15) is 0 Å². The van der Waals surface area contributed by atoms with Crippen LogP contribution in [0.1, 0.15) is 24.8 Å². The van der Waals surface area contributed by atoms with Gasteiger partial charge < -0.3 is 5.32 Å². The third-order valence-electron chi connectivity index (χ3n) is 3.19. The first-order valence-electron chi connectivity index (χ1n) is 5.91. The van der Waals surface area contributed by atoms with Crippen molar-refractivity contribution >= 4 is 15.9 Å². The first-order valence-corrected chi connectivity index (χ1v) is 6.70. The van der Waals surface area contributed by atoms with Crippen LogP contribution >= 0.6 is 15.9 Å². The summed E-state index contributed by atoms with van der Waals surface area (Å²) >= 11 is 3.33. The molecule has 88 valence electrons. The number of rotatable bonds is 2. The van der Waals surface area contributed by atoms with E-state index in [0.717, 1.165) is 25.1 Å². The average molecular weight is 286 g/mol. The largest absolute Gasteiger partial charge is 0.316 e. The molecule has 0 radical (unpaired) electrons. The quantitative estimate of drug-likeness (QED) is 0.877. The monoisotopic (exact) mass is 285 g/mol. The summed E-state index contributed by atoms with van der Waals surface area (Å²) in [5, 5.41) is 3.44. The lowest BCUT2D eigenvalue weighted by molar-refractivity contribution is 0.475. The molecule has 1 aromatic carbocycles. The highest BCUT2D eigenvalue weighted by atomic mass is 79.9. The predicted molar refractivity (Wildman–Crippen MR) is 68.0 cm³/mol. The molecule has 3 heteroatoms. The van der Waals surface area contributed by atoms with Crippen molar-refractivity contribution in [3.8, 4) is 0 Å². The molecule has 1 fully saturated rings. The second-order valence-corrected chi connectivity index (χ2v) is 5.28. The molecular formula is C13H17BrFN. The van der Waals surface area contributed by atoms with Crippen LogP contribution < -0.4 is 5.32 Å². The molecule has 0 saturated carbocycles. The molecule has 0 amide bonds. The van der Waals surface area contributed by atoms with E-state index in [1.165, 1.54) is 25.3 Å². The Morgan fingerprint density at radius 1 is 1.38 bits per heavy atom. The van der Waals surface area contributed by atoms with Gasteiger partial charge in [0, 0.05) is 0 Å². The van der Waals surface area contributed by atoms with Gasteiger partial charge in [-0.15, -0.1) is 0 Å². The van der Waals surface area contributed by atoms with Gasteiger partial charge in [0.05, 0.1) is 4.47 Å². The zero-order valence-electron chi connectivity index (χ0n) is 9.31. The fraction of sp³-hybridized carbons (Fsp3) is 0.538. The van der Waals surface area contributed by atoms with Crippen molar-refractivity contribution in [3.63, 3.8) is 0 Å². The minimum atomic E-state index is -0.154. The number of hydrogen-bond acceptors (Lipinski definition) is 1. The Labute approximate surface area is 105 Å². The molecule has 0 aromatic heterocycles. The highest BCUT2D eigenvalue weighted by molar-refractivity contribution is 9.10. The van der Waals surface area contributed by atoms with E-state index in [0.29, 0.717) is 10.4 Å². The Kier molecular flexibility index (Phi) is 4.36. The van der Waals surface area contributed by atoms with E-state index in [1.807, 2.05) is 6.07 Å². The summed E-state index contributed by atoms with van der Waals surface area (Å²) in [4.78, 5) is 0. The Bertz CT molecular complexity index is 346. The minimum Gasteiger partial charge on any atom is -0.316 e. The molecular weight excluding hydrogens is 269 g/mol. The maximum Gasteiger partial charge on any atom is 0.137 e. The van der Waals surface area contributed by atoms with E-state index in [2.05, 4.69) is 21.2 Å². The molecule has 1 atom stereocenters. The van der Waals surface area contributed by atoms with Crippen LogP contribution in [0.2, 0.25) is 0 Å². The molecule has 0 aliphatic carbocycles. The van der Waals surface area contributed by atoms with E-state index in [9.17, 15) is 4.39 Å². The normalized spacial score (nSPS) is 21.8. The molecule has 1 aromatic rings. The van der Waals surface area contributed by atoms with Crippen LogP contribution in [-0.4, -0.2) is 13.1 Å². The molecule has 1 N–H and O–H groups in total. The van der Waals surface area contributed by atoms with Gasteiger partial charge in [0.1, 0.15) is 5.82 Å². The number of halogens is 2. The fourth-order valence-corrected chi connectivity index (χ4v) is 2.71. The van der Waals surface area contributed by atoms with Crippen molar-refractivity contribution in [1.82, 2.24) is 5.32 Å². The Morgan fingerprint density at radius 2 is 2.25 bits per heavy atom. The molecule has 1 aliphatic heterocycles. The van der Waals surface area contributed by atoms with Gasteiger partial charge in [-0.3, -0.25) is 0 Å². The van der Waals surface area contributed by atoms with Crippen LogP contribution in [-0.2, 0) is 6.42 Å². The molecule has 16 heavy (non-hydrogen) atoms. The second kappa shape index (κ2) is 5.78. The summed E-state index contributed by atoms with van der Waals surface area (Å²) in [5.41, 5.74) is 1.09. The van der Waals surface area contributed by atoms with Gasteiger partial charge in [0.25, 0.3) is 0 Å². The van der Waals surface area contributed by atoms with E-state index >= 15 is 0 Å². The molecule has 0 bridgehead atoms. The van der Waals surface area contributed by atoms with Crippen molar-refractivity contribution in [2.75, 3.05) is 13.1 Å². The minimum absolute atomic E-state index is 0.154. The van der Waals surface area contributed by atoms with E-state index < -0.39 is 0 Å². The van der Waals surface area contributed by atoms with Crippen LogP contribution in [0.25, 0.3) is 0 Å². The van der Waals surface area contributed by atoms with E-state index in [-0.39, 0.29) is 5.82 Å².